The average molecular weight is 332 g/mol. The largest absolute Gasteiger partial charge is 0.496 e. The van der Waals surface area contributed by atoms with Gasteiger partial charge in [0.15, 0.2) is 5.16 Å². The third kappa shape index (κ3) is 3.90. The third-order valence-electron chi connectivity index (χ3n) is 3.02. The fourth-order valence-electron chi connectivity index (χ4n) is 2.01. The van der Waals surface area contributed by atoms with E-state index in [0.717, 1.165) is 45.2 Å². The molecule has 0 N–H and O–H groups in total. The molecule has 0 spiro atoms. The van der Waals surface area contributed by atoms with Gasteiger partial charge in [-0.1, -0.05) is 11.8 Å². The monoisotopic (exact) mass is 332 g/mol. The van der Waals surface area contributed by atoms with E-state index in [2.05, 4.69) is 15.2 Å². The van der Waals surface area contributed by atoms with Crippen molar-refractivity contribution in [1.29, 1.82) is 0 Å². The Morgan fingerprint density at radius 2 is 2.05 bits per heavy atom. The summed E-state index contributed by atoms with van der Waals surface area (Å²) in [5, 5.41) is 7.46. The molecule has 0 aliphatic rings. The van der Waals surface area contributed by atoms with Crippen LogP contribution in [-0.4, -0.2) is 33.0 Å². The van der Waals surface area contributed by atoms with Crippen LogP contribution in [0.25, 0.3) is 0 Å². The van der Waals surface area contributed by atoms with Gasteiger partial charge in [-0.3, -0.25) is 9.55 Å². The zero-order chi connectivity index (χ0) is 16.3. The van der Waals surface area contributed by atoms with E-state index < -0.39 is 12.7 Å². The molecule has 0 amide bonds. The lowest BCUT2D eigenvalue weighted by molar-refractivity contribution is -0.142. The van der Waals surface area contributed by atoms with E-state index >= 15 is 0 Å². The molecular formula is C13H15F3N4OS. The summed E-state index contributed by atoms with van der Waals surface area (Å²) < 4.78 is 43.7. The molecule has 0 saturated heterocycles. The maximum Gasteiger partial charge on any atom is 0.406 e. The molecule has 0 aliphatic carbocycles. The van der Waals surface area contributed by atoms with Gasteiger partial charge < -0.3 is 4.74 Å². The van der Waals surface area contributed by atoms with Gasteiger partial charge in [0.1, 0.15) is 18.6 Å². The number of alkyl halides is 3. The summed E-state index contributed by atoms with van der Waals surface area (Å²) in [6, 6.07) is 0. The Morgan fingerprint density at radius 3 is 2.68 bits per heavy atom. The molecule has 0 radical (unpaired) electrons. The first-order valence-electron chi connectivity index (χ1n) is 6.38. The number of aromatic nitrogens is 4. The molecule has 2 aromatic rings. The number of rotatable bonds is 5. The van der Waals surface area contributed by atoms with Gasteiger partial charge in [0.2, 0.25) is 0 Å². The van der Waals surface area contributed by atoms with E-state index in [9.17, 15) is 13.2 Å². The quantitative estimate of drug-likeness (QED) is 0.787. The maximum atomic E-state index is 12.5. The number of pyridine rings is 1. The molecule has 2 rings (SSSR count). The fourth-order valence-corrected chi connectivity index (χ4v) is 2.95. The fraction of sp³-hybridized carbons (Fsp3) is 0.462. The molecule has 0 bridgehead atoms. The van der Waals surface area contributed by atoms with Crippen molar-refractivity contribution < 1.29 is 17.9 Å². The zero-order valence-electron chi connectivity index (χ0n) is 12.3. The Labute approximate surface area is 129 Å². The van der Waals surface area contributed by atoms with Gasteiger partial charge in [-0.25, -0.2) is 0 Å². The molecule has 120 valence electrons. The number of nitrogens with zero attached hydrogens (tertiary/aromatic N) is 4. The Balaban J connectivity index is 2.13. The lowest BCUT2D eigenvalue weighted by Gasteiger charge is -2.12. The second-order valence-corrected chi connectivity index (χ2v) is 5.63. The van der Waals surface area contributed by atoms with E-state index in [1.165, 1.54) is 0 Å². The highest BCUT2D eigenvalue weighted by Crippen LogP contribution is 2.29. The van der Waals surface area contributed by atoms with Crippen molar-refractivity contribution in [3.05, 3.63) is 29.3 Å². The molecule has 0 atom stereocenters. The van der Waals surface area contributed by atoms with Gasteiger partial charge >= 0.3 is 6.18 Å². The molecular weight excluding hydrogens is 317 g/mol. The summed E-state index contributed by atoms with van der Waals surface area (Å²) in [4.78, 5) is 4.31. The van der Waals surface area contributed by atoms with Crippen LogP contribution in [0.1, 0.15) is 16.8 Å². The van der Waals surface area contributed by atoms with Crippen LogP contribution >= 0.6 is 11.8 Å². The van der Waals surface area contributed by atoms with Crippen LogP contribution < -0.4 is 4.74 Å². The molecule has 0 unspecified atom stereocenters. The third-order valence-corrected chi connectivity index (χ3v) is 4.01. The van der Waals surface area contributed by atoms with Crippen molar-refractivity contribution in [3.63, 3.8) is 0 Å². The van der Waals surface area contributed by atoms with Crippen LogP contribution in [0, 0.1) is 13.8 Å². The van der Waals surface area contributed by atoms with Crippen LogP contribution in [0.4, 0.5) is 13.2 Å². The molecule has 0 aliphatic heterocycles. The van der Waals surface area contributed by atoms with Gasteiger partial charge in [-0.15, -0.1) is 10.2 Å². The van der Waals surface area contributed by atoms with Crippen LogP contribution in [0.5, 0.6) is 5.75 Å². The smallest absolute Gasteiger partial charge is 0.406 e. The Morgan fingerprint density at radius 1 is 1.32 bits per heavy atom. The van der Waals surface area contributed by atoms with Crippen molar-refractivity contribution in [2.75, 3.05) is 7.11 Å². The standard InChI is InChI=1S/C13H15F3N4OS/c1-8-4-17-10(9(2)11(8)21-3)5-22-12-19-18-7-20(12)6-13(14,15)16/h4,7H,5-6H2,1-3H3. The first-order valence-corrected chi connectivity index (χ1v) is 7.37. The van der Waals surface area contributed by atoms with Gasteiger partial charge in [0, 0.05) is 23.1 Å². The van der Waals surface area contributed by atoms with Crippen molar-refractivity contribution in [1.82, 2.24) is 19.7 Å². The summed E-state index contributed by atoms with van der Waals surface area (Å²) >= 11 is 1.16. The summed E-state index contributed by atoms with van der Waals surface area (Å²) in [5.74, 6) is 1.13. The molecule has 2 aromatic heterocycles. The Kier molecular flexibility index (Phi) is 4.94. The number of halogens is 3. The van der Waals surface area contributed by atoms with Crippen LogP contribution in [-0.2, 0) is 12.3 Å². The Hall–Kier alpha value is -1.77. The van der Waals surface area contributed by atoms with E-state index in [4.69, 9.17) is 4.74 Å². The van der Waals surface area contributed by atoms with Gasteiger partial charge in [0.05, 0.1) is 12.8 Å². The number of hydrogen-bond acceptors (Lipinski definition) is 5. The summed E-state index contributed by atoms with van der Waals surface area (Å²) in [5.41, 5.74) is 2.53. The normalized spacial score (nSPS) is 11.7. The van der Waals surface area contributed by atoms with Crippen molar-refractivity contribution in [3.8, 4) is 5.75 Å². The summed E-state index contributed by atoms with van der Waals surface area (Å²) in [6.45, 7) is 2.65. The molecule has 22 heavy (non-hydrogen) atoms. The highest BCUT2D eigenvalue weighted by atomic mass is 32.2. The molecule has 0 fully saturated rings. The van der Waals surface area contributed by atoms with Crippen molar-refractivity contribution in [2.24, 2.45) is 0 Å². The first-order chi connectivity index (χ1) is 10.3. The second kappa shape index (κ2) is 6.55. The van der Waals surface area contributed by atoms with Crippen LogP contribution in [0.2, 0.25) is 0 Å². The van der Waals surface area contributed by atoms with Gasteiger partial charge in [0.25, 0.3) is 0 Å². The zero-order valence-corrected chi connectivity index (χ0v) is 13.1. The van der Waals surface area contributed by atoms with Crippen LogP contribution in [0.15, 0.2) is 17.7 Å². The number of methoxy groups -OCH3 is 1. The van der Waals surface area contributed by atoms with E-state index in [0.29, 0.717) is 5.75 Å². The molecule has 9 heteroatoms. The highest BCUT2D eigenvalue weighted by molar-refractivity contribution is 7.98. The minimum atomic E-state index is -4.31. The van der Waals surface area contributed by atoms with E-state index in [-0.39, 0.29) is 5.16 Å². The van der Waals surface area contributed by atoms with E-state index in [1.807, 2.05) is 13.8 Å². The highest BCUT2D eigenvalue weighted by Gasteiger charge is 2.29. The summed E-state index contributed by atoms with van der Waals surface area (Å²) in [6.07, 6.45) is -1.55. The molecule has 5 nitrogen and oxygen atoms in total. The lowest BCUT2D eigenvalue weighted by Crippen LogP contribution is -2.17. The van der Waals surface area contributed by atoms with Crippen molar-refractivity contribution in [2.45, 2.75) is 37.5 Å². The topological polar surface area (TPSA) is 52.8 Å². The predicted molar refractivity (Wildman–Crippen MR) is 75.9 cm³/mol. The lowest BCUT2D eigenvalue weighted by atomic mass is 10.1. The van der Waals surface area contributed by atoms with E-state index in [1.54, 1.807) is 13.3 Å². The number of aryl methyl sites for hydroxylation is 1. The second-order valence-electron chi connectivity index (χ2n) is 4.69. The predicted octanol–water partition coefficient (Wildman–Crippen LogP) is 3.15. The SMILES string of the molecule is COc1c(C)cnc(CSc2nncn2CC(F)(F)F)c1C. The van der Waals surface area contributed by atoms with Gasteiger partial charge in [-0.05, 0) is 13.8 Å². The van der Waals surface area contributed by atoms with Gasteiger partial charge in [-0.2, -0.15) is 13.2 Å². The molecule has 0 saturated carbocycles. The first kappa shape index (κ1) is 16.6. The minimum Gasteiger partial charge on any atom is -0.496 e. The summed E-state index contributed by atoms with van der Waals surface area (Å²) in [7, 11) is 1.58. The number of hydrogen-bond donors (Lipinski definition) is 0. The molecule has 0 aromatic carbocycles. The Bertz CT molecular complexity index is 657. The van der Waals surface area contributed by atoms with Crippen LogP contribution in [0.3, 0.4) is 0 Å². The average Bonchev–Trinajstić information content (AvgIpc) is 2.83. The maximum absolute atomic E-state index is 12.5. The number of thioether (sulfide) groups is 1. The number of ether oxygens (including phenoxy) is 1. The van der Waals surface area contributed by atoms with Crippen molar-refractivity contribution >= 4 is 11.8 Å². The minimum absolute atomic E-state index is 0.207. The molecule has 2 heterocycles.